The van der Waals surface area contributed by atoms with E-state index < -0.39 is 10.8 Å². The van der Waals surface area contributed by atoms with Gasteiger partial charge in [-0.05, 0) is 39.8 Å². The van der Waals surface area contributed by atoms with Crippen molar-refractivity contribution < 1.29 is 14.5 Å². The van der Waals surface area contributed by atoms with E-state index >= 15 is 0 Å². The zero-order chi connectivity index (χ0) is 20.7. The highest BCUT2D eigenvalue weighted by atomic mass is 16.6. The molecule has 0 unspecified atom stereocenters. The molecule has 2 aromatic rings. The molecule has 1 heterocycles. The lowest BCUT2D eigenvalue weighted by Gasteiger charge is -2.09. The molecular weight excluding hydrogens is 366 g/mol. The first-order valence-electron chi connectivity index (χ1n) is 8.29. The van der Waals surface area contributed by atoms with Crippen LogP contribution in [-0.2, 0) is 6.73 Å². The third-order valence-electron chi connectivity index (χ3n) is 3.17. The van der Waals surface area contributed by atoms with Crippen LogP contribution < -0.4 is 15.6 Å². The number of nitro benzene ring substituents is 1. The number of nitro groups is 1. The summed E-state index contributed by atoms with van der Waals surface area (Å²) in [4.78, 5) is 22.6. The number of amides is 1. The highest BCUT2D eigenvalue weighted by Crippen LogP contribution is 2.30. The van der Waals surface area contributed by atoms with Gasteiger partial charge in [0, 0.05) is 29.8 Å². The van der Waals surface area contributed by atoms with Crippen LogP contribution in [0.3, 0.4) is 0 Å². The van der Waals surface area contributed by atoms with Gasteiger partial charge in [-0.25, -0.2) is 10.1 Å². The van der Waals surface area contributed by atoms with Crippen molar-refractivity contribution in [3.63, 3.8) is 0 Å². The summed E-state index contributed by atoms with van der Waals surface area (Å²) in [6.45, 7) is 7.00. The van der Waals surface area contributed by atoms with E-state index in [-0.39, 0.29) is 23.9 Å². The topological polar surface area (TPSA) is 136 Å². The molecule has 28 heavy (non-hydrogen) atoms. The van der Waals surface area contributed by atoms with Crippen molar-refractivity contribution in [2.45, 2.75) is 34.4 Å². The Morgan fingerprint density at radius 1 is 1.21 bits per heavy atom. The quantitative estimate of drug-likeness (QED) is 0.406. The maximum Gasteiger partial charge on any atom is 0.311 e. The molecule has 2 N–H and O–H groups in total. The molecule has 148 valence electrons. The number of anilines is 1. The van der Waals surface area contributed by atoms with Crippen LogP contribution >= 0.6 is 0 Å². The second-order valence-corrected chi connectivity index (χ2v) is 6.12. The van der Waals surface area contributed by atoms with E-state index in [1.807, 2.05) is 13.8 Å². The zero-order valence-corrected chi connectivity index (χ0v) is 16.0. The van der Waals surface area contributed by atoms with E-state index in [1.165, 1.54) is 35.1 Å². The first-order chi connectivity index (χ1) is 13.3. The van der Waals surface area contributed by atoms with Gasteiger partial charge in [0.15, 0.2) is 12.4 Å². The highest BCUT2D eigenvalue weighted by molar-refractivity contribution is 5.93. The first kappa shape index (κ1) is 20.6. The van der Waals surface area contributed by atoms with Gasteiger partial charge in [0.05, 0.1) is 10.6 Å². The number of hydrogen-bond acceptors (Lipinski definition) is 8. The molecule has 0 saturated carbocycles. The van der Waals surface area contributed by atoms with E-state index in [9.17, 15) is 14.9 Å². The van der Waals surface area contributed by atoms with Crippen molar-refractivity contribution in [1.29, 1.82) is 0 Å². The highest BCUT2D eigenvalue weighted by Gasteiger charge is 2.16. The molecule has 0 aliphatic carbocycles. The summed E-state index contributed by atoms with van der Waals surface area (Å²) in [5, 5.41) is 23.2. The predicted octanol–water partition coefficient (Wildman–Crippen LogP) is 2.76. The number of nitrogens with zero attached hydrogens (tertiary/aromatic N) is 5. The van der Waals surface area contributed by atoms with Gasteiger partial charge in [0.25, 0.3) is 5.91 Å². The molecule has 0 spiro atoms. The Morgan fingerprint density at radius 2 is 1.93 bits per heavy atom. The van der Waals surface area contributed by atoms with Crippen LogP contribution in [0.5, 0.6) is 5.75 Å². The molecule has 0 saturated heterocycles. The van der Waals surface area contributed by atoms with Gasteiger partial charge in [0.2, 0.25) is 5.75 Å². The average Bonchev–Trinajstić information content (AvgIpc) is 3.11. The van der Waals surface area contributed by atoms with Crippen molar-refractivity contribution in [3.05, 3.63) is 46.3 Å². The third-order valence-corrected chi connectivity index (χ3v) is 3.17. The number of ether oxygens (including phenoxy) is 1. The Balaban J connectivity index is 2.11. The molecular formula is C17H21N7O4. The van der Waals surface area contributed by atoms with Crippen LogP contribution in [0.4, 0.5) is 11.4 Å². The number of hydrazone groups is 2. The van der Waals surface area contributed by atoms with Crippen molar-refractivity contribution in [2.24, 2.45) is 10.2 Å². The van der Waals surface area contributed by atoms with Crippen LogP contribution in [-0.4, -0.2) is 32.0 Å². The Hall–Kier alpha value is -3.76. The smallest absolute Gasteiger partial charge is 0.311 e. The number of nitrogens with one attached hydrogen (secondary N) is 2. The molecule has 2 rings (SSSR count). The first-order valence-corrected chi connectivity index (χ1v) is 8.29. The van der Waals surface area contributed by atoms with E-state index in [1.54, 1.807) is 13.8 Å². The molecule has 0 aliphatic heterocycles. The lowest BCUT2D eigenvalue weighted by molar-refractivity contribution is -0.386. The third kappa shape index (κ3) is 5.90. The Labute approximate surface area is 161 Å². The summed E-state index contributed by atoms with van der Waals surface area (Å²) in [7, 11) is 0. The fourth-order valence-electron chi connectivity index (χ4n) is 1.94. The maximum atomic E-state index is 11.9. The summed E-state index contributed by atoms with van der Waals surface area (Å²) in [5.41, 5.74) is 7.13. The second-order valence-electron chi connectivity index (χ2n) is 6.12. The summed E-state index contributed by atoms with van der Waals surface area (Å²) < 4.78 is 6.88. The minimum atomic E-state index is -0.541. The van der Waals surface area contributed by atoms with Crippen LogP contribution in [0.1, 0.15) is 38.2 Å². The second kappa shape index (κ2) is 9.26. The fourth-order valence-corrected chi connectivity index (χ4v) is 1.94. The van der Waals surface area contributed by atoms with E-state index in [2.05, 4.69) is 26.2 Å². The van der Waals surface area contributed by atoms with Gasteiger partial charge < -0.3 is 4.74 Å². The van der Waals surface area contributed by atoms with Crippen LogP contribution in [0.2, 0.25) is 0 Å². The van der Waals surface area contributed by atoms with Crippen LogP contribution in [0.25, 0.3) is 0 Å². The summed E-state index contributed by atoms with van der Waals surface area (Å²) in [5.74, 6) is -0.420. The number of carbonyl (C=O) groups is 1. The Kier molecular flexibility index (Phi) is 6.79. The van der Waals surface area contributed by atoms with Gasteiger partial charge in [-0.15, -0.1) is 0 Å². The summed E-state index contributed by atoms with van der Waals surface area (Å²) in [6.07, 6.45) is 1.52. The number of carbonyl (C=O) groups excluding carboxylic acids is 1. The SMILES string of the molecule is CC(C)=NNC(=O)c1ccn(COc2cc(NN=C(C)C)ccc2[N+](=O)[O-])n1. The molecule has 0 bridgehead atoms. The summed E-state index contributed by atoms with van der Waals surface area (Å²) >= 11 is 0. The van der Waals surface area contributed by atoms with Crippen molar-refractivity contribution >= 4 is 28.7 Å². The van der Waals surface area contributed by atoms with Gasteiger partial charge in [-0.1, -0.05) is 0 Å². The van der Waals surface area contributed by atoms with E-state index in [0.717, 1.165) is 5.71 Å². The van der Waals surface area contributed by atoms with Crippen molar-refractivity contribution in [2.75, 3.05) is 5.43 Å². The lowest BCUT2D eigenvalue weighted by atomic mass is 10.2. The number of benzene rings is 1. The lowest BCUT2D eigenvalue weighted by Crippen LogP contribution is -2.19. The van der Waals surface area contributed by atoms with Crippen LogP contribution in [0.15, 0.2) is 40.7 Å². The average molecular weight is 387 g/mol. The monoisotopic (exact) mass is 387 g/mol. The molecule has 0 atom stereocenters. The number of aromatic nitrogens is 2. The molecule has 1 amide bonds. The zero-order valence-electron chi connectivity index (χ0n) is 16.0. The predicted molar refractivity (Wildman–Crippen MR) is 105 cm³/mol. The van der Waals surface area contributed by atoms with Gasteiger partial charge in [-0.2, -0.15) is 15.3 Å². The Bertz CT molecular complexity index is 925. The minimum absolute atomic E-state index is 0.0478. The fraction of sp³-hybridized carbons (Fsp3) is 0.294. The summed E-state index contributed by atoms with van der Waals surface area (Å²) in [6, 6.07) is 5.82. The van der Waals surface area contributed by atoms with Crippen LogP contribution in [0, 0.1) is 10.1 Å². The molecule has 0 radical (unpaired) electrons. The van der Waals surface area contributed by atoms with Crippen molar-refractivity contribution in [3.8, 4) is 5.75 Å². The molecule has 0 fully saturated rings. The molecule has 1 aromatic carbocycles. The number of hydrogen-bond donors (Lipinski definition) is 2. The largest absolute Gasteiger partial charge is 0.464 e. The molecule has 11 heteroatoms. The molecule has 0 aliphatic rings. The Morgan fingerprint density at radius 3 is 2.57 bits per heavy atom. The van der Waals surface area contributed by atoms with Crippen molar-refractivity contribution in [1.82, 2.24) is 15.2 Å². The minimum Gasteiger partial charge on any atom is -0.464 e. The van der Waals surface area contributed by atoms with Gasteiger partial charge in [0.1, 0.15) is 0 Å². The number of rotatable bonds is 8. The molecule has 11 nitrogen and oxygen atoms in total. The van der Waals surface area contributed by atoms with E-state index in [0.29, 0.717) is 11.4 Å². The maximum absolute atomic E-state index is 11.9. The normalized spacial score (nSPS) is 10.0. The van der Waals surface area contributed by atoms with Gasteiger partial charge in [-0.3, -0.25) is 20.3 Å². The standard InChI is InChI=1S/C17H21N7O4/c1-11(2)18-20-13-5-6-15(24(26)27)16(9-13)28-10-23-8-7-14(22-23)17(25)21-19-12(3)4/h5-9,20H,10H2,1-4H3,(H,21,25). The molecule has 1 aromatic heterocycles. The van der Waals surface area contributed by atoms with E-state index in [4.69, 9.17) is 4.74 Å². The van der Waals surface area contributed by atoms with Gasteiger partial charge >= 0.3 is 5.69 Å².